The predicted molar refractivity (Wildman–Crippen MR) is 83.2 cm³/mol. The van der Waals surface area contributed by atoms with Gasteiger partial charge in [0.2, 0.25) is 10.0 Å². The summed E-state index contributed by atoms with van der Waals surface area (Å²) in [5, 5.41) is 0. The lowest BCUT2D eigenvalue weighted by atomic mass is 10.1. The van der Waals surface area contributed by atoms with E-state index >= 15 is 0 Å². The fraction of sp³-hybridized carbons (Fsp3) is 0.538. The van der Waals surface area contributed by atoms with Gasteiger partial charge in [-0.3, -0.25) is 0 Å². The quantitative estimate of drug-likeness (QED) is 0.895. The highest BCUT2D eigenvalue weighted by Crippen LogP contribution is 2.31. The Morgan fingerprint density at radius 3 is 2.35 bits per heavy atom. The van der Waals surface area contributed by atoms with Crippen LogP contribution in [0.3, 0.4) is 0 Å². The van der Waals surface area contributed by atoms with E-state index in [9.17, 15) is 8.42 Å². The maximum Gasteiger partial charge on any atom is 0.246 e. The van der Waals surface area contributed by atoms with Crippen LogP contribution in [-0.2, 0) is 10.0 Å². The van der Waals surface area contributed by atoms with Crippen LogP contribution in [-0.4, -0.2) is 39.5 Å². The number of nitrogens with two attached hydrogens (primary N) is 1. The summed E-state index contributed by atoms with van der Waals surface area (Å²) in [4.78, 5) is 0.190. The molecule has 20 heavy (non-hydrogen) atoms. The molecule has 2 N–H and O–H groups in total. The number of nitrogens with zero attached hydrogens (tertiary/aromatic N) is 1. The molecule has 0 heterocycles. The average Bonchev–Trinajstić information content (AvgIpc) is 2.35. The number of sulfonamides is 1. The molecule has 1 rings (SSSR count). The van der Waals surface area contributed by atoms with Gasteiger partial charge in [-0.05, 0) is 38.0 Å². The monoisotopic (exact) mass is 322 g/mol. The third kappa shape index (κ3) is 3.63. The van der Waals surface area contributed by atoms with E-state index < -0.39 is 10.0 Å². The summed E-state index contributed by atoms with van der Waals surface area (Å²) in [5.41, 5.74) is 7.22. The van der Waals surface area contributed by atoms with Gasteiger partial charge in [-0.15, -0.1) is 12.4 Å². The van der Waals surface area contributed by atoms with Crippen LogP contribution in [0.15, 0.2) is 17.0 Å². The van der Waals surface area contributed by atoms with Gasteiger partial charge in [-0.25, -0.2) is 8.42 Å². The molecule has 0 aliphatic rings. The highest BCUT2D eigenvalue weighted by molar-refractivity contribution is 7.89. The van der Waals surface area contributed by atoms with Crippen molar-refractivity contribution in [3.05, 3.63) is 23.3 Å². The van der Waals surface area contributed by atoms with Crippen molar-refractivity contribution >= 4 is 22.4 Å². The van der Waals surface area contributed by atoms with Crippen molar-refractivity contribution in [3.8, 4) is 5.75 Å². The van der Waals surface area contributed by atoms with Crippen LogP contribution in [0.1, 0.15) is 18.1 Å². The van der Waals surface area contributed by atoms with Gasteiger partial charge in [0.25, 0.3) is 0 Å². The topological polar surface area (TPSA) is 72.6 Å². The van der Waals surface area contributed by atoms with Gasteiger partial charge >= 0.3 is 0 Å². The highest BCUT2D eigenvalue weighted by atomic mass is 35.5. The molecule has 1 atom stereocenters. The highest BCUT2D eigenvalue weighted by Gasteiger charge is 2.28. The summed E-state index contributed by atoms with van der Waals surface area (Å²) >= 11 is 0. The molecule has 0 aliphatic carbocycles. The zero-order valence-electron chi connectivity index (χ0n) is 12.5. The van der Waals surface area contributed by atoms with E-state index in [1.165, 1.54) is 18.5 Å². The van der Waals surface area contributed by atoms with Crippen molar-refractivity contribution in [1.82, 2.24) is 4.31 Å². The molecule has 0 amide bonds. The zero-order valence-corrected chi connectivity index (χ0v) is 14.1. The lowest BCUT2D eigenvalue weighted by molar-refractivity contribution is 0.378. The lowest BCUT2D eigenvalue weighted by Crippen LogP contribution is -2.39. The molecule has 0 saturated heterocycles. The minimum absolute atomic E-state index is 0. The van der Waals surface area contributed by atoms with E-state index in [4.69, 9.17) is 10.5 Å². The SMILES string of the molecule is COc1c(C)cc(C)cc1S(=O)(=O)N(C)C(C)CN.Cl. The van der Waals surface area contributed by atoms with Crippen LogP contribution in [0, 0.1) is 13.8 Å². The van der Waals surface area contributed by atoms with Crippen molar-refractivity contribution in [2.75, 3.05) is 20.7 Å². The third-order valence-corrected chi connectivity index (χ3v) is 5.19. The van der Waals surface area contributed by atoms with E-state index in [2.05, 4.69) is 0 Å². The van der Waals surface area contributed by atoms with Crippen molar-refractivity contribution in [3.63, 3.8) is 0 Å². The van der Waals surface area contributed by atoms with E-state index in [-0.39, 0.29) is 29.9 Å². The van der Waals surface area contributed by atoms with Crippen LogP contribution in [0.2, 0.25) is 0 Å². The van der Waals surface area contributed by atoms with Crippen LogP contribution in [0.5, 0.6) is 5.75 Å². The molecule has 1 unspecified atom stereocenters. The van der Waals surface area contributed by atoms with E-state index in [0.29, 0.717) is 5.75 Å². The van der Waals surface area contributed by atoms with Gasteiger partial charge in [0.15, 0.2) is 0 Å². The molecule has 0 aliphatic heterocycles. The fourth-order valence-electron chi connectivity index (χ4n) is 1.91. The maximum absolute atomic E-state index is 12.6. The van der Waals surface area contributed by atoms with Gasteiger partial charge in [-0.1, -0.05) is 6.07 Å². The molecular weight excluding hydrogens is 300 g/mol. The molecule has 0 fully saturated rings. The smallest absolute Gasteiger partial charge is 0.246 e. The summed E-state index contributed by atoms with van der Waals surface area (Å²) in [7, 11) is -0.603. The van der Waals surface area contributed by atoms with Gasteiger partial charge in [0.1, 0.15) is 10.6 Å². The Bertz CT molecular complexity index is 561. The summed E-state index contributed by atoms with van der Waals surface area (Å²) in [6, 6.07) is 3.25. The molecule has 0 spiro atoms. The van der Waals surface area contributed by atoms with Gasteiger partial charge in [0, 0.05) is 19.6 Å². The number of ether oxygens (including phenoxy) is 1. The molecule has 0 radical (unpaired) electrons. The fourth-order valence-corrected chi connectivity index (χ4v) is 3.59. The lowest BCUT2D eigenvalue weighted by Gasteiger charge is -2.24. The predicted octanol–water partition coefficient (Wildman–Crippen LogP) is 1.70. The maximum atomic E-state index is 12.6. The standard InChI is InChI=1S/C13H22N2O3S.ClH/c1-9-6-10(2)13(18-5)12(7-9)19(16,17)15(4)11(3)8-14;/h6-7,11H,8,14H2,1-5H3;1H. The van der Waals surface area contributed by atoms with Gasteiger partial charge < -0.3 is 10.5 Å². The van der Waals surface area contributed by atoms with E-state index in [1.54, 1.807) is 13.0 Å². The van der Waals surface area contributed by atoms with Crippen LogP contribution >= 0.6 is 12.4 Å². The molecule has 1 aromatic rings. The largest absolute Gasteiger partial charge is 0.495 e. The Balaban J connectivity index is 0.00000361. The minimum Gasteiger partial charge on any atom is -0.495 e. The van der Waals surface area contributed by atoms with Crippen molar-refractivity contribution in [2.45, 2.75) is 31.7 Å². The Hall–Kier alpha value is -0.820. The second-order valence-corrected chi connectivity index (χ2v) is 6.69. The zero-order chi connectivity index (χ0) is 14.8. The van der Waals surface area contributed by atoms with E-state index in [0.717, 1.165) is 11.1 Å². The first kappa shape index (κ1) is 19.2. The molecule has 0 bridgehead atoms. The van der Waals surface area contributed by atoms with Crippen LogP contribution < -0.4 is 10.5 Å². The average molecular weight is 323 g/mol. The number of benzene rings is 1. The van der Waals surface area contributed by atoms with Crippen molar-refractivity contribution in [1.29, 1.82) is 0 Å². The first-order valence-electron chi connectivity index (χ1n) is 6.09. The normalized spacial score (nSPS) is 12.9. The Labute approximate surface area is 127 Å². The number of rotatable bonds is 5. The number of hydrogen-bond acceptors (Lipinski definition) is 4. The number of halogens is 1. The third-order valence-electron chi connectivity index (χ3n) is 3.21. The van der Waals surface area contributed by atoms with Crippen molar-refractivity contribution in [2.24, 2.45) is 5.73 Å². The molecule has 0 aromatic heterocycles. The first-order chi connectivity index (χ1) is 8.75. The second-order valence-electron chi connectivity index (χ2n) is 4.72. The second kappa shape index (κ2) is 7.26. The molecular formula is C13H23ClN2O3S. The molecule has 116 valence electrons. The Kier molecular flexibility index (Phi) is 6.97. The molecule has 5 nitrogen and oxygen atoms in total. The summed E-state index contributed by atoms with van der Waals surface area (Å²) < 4.78 is 31.7. The van der Waals surface area contributed by atoms with E-state index in [1.807, 2.05) is 19.9 Å². The van der Waals surface area contributed by atoms with Gasteiger partial charge in [0.05, 0.1) is 7.11 Å². The molecule has 7 heteroatoms. The van der Waals surface area contributed by atoms with Crippen molar-refractivity contribution < 1.29 is 13.2 Å². The molecule has 0 saturated carbocycles. The molecule has 1 aromatic carbocycles. The number of hydrogen-bond donors (Lipinski definition) is 1. The van der Waals surface area contributed by atoms with Gasteiger partial charge in [-0.2, -0.15) is 4.31 Å². The van der Waals surface area contributed by atoms with Crippen LogP contribution in [0.25, 0.3) is 0 Å². The number of methoxy groups -OCH3 is 1. The Morgan fingerprint density at radius 2 is 1.90 bits per heavy atom. The van der Waals surface area contributed by atoms with Crippen LogP contribution in [0.4, 0.5) is 0 Å². The summed E-state index contributed by atoms with van der Waals surface area (Å²) in [6.07, 6.45) is 0. The number of aryl methyl sites for hydroxylation is 2. The number of likely N-dealkylation sites (N-methyl/N-ethyl adjacent to an activating group) is 1. The first-order valence-corrected chi connectivity index (χ1v) is 7.53. The minimum atomic E-state index is -3.61. The Morgan fingerprint density at radius 1 is 1.35 bits per heavy atom. The summed E-state index contributed by atoms with van der Waals surface area (Å²) in [6.45, 7) is 5.73. The summed E-state index contributed by atoms with van der Waals surface area (Å²) in [5.74, 6) is 0.390.